The molecule has 3 rings (SSSR count). The van der Waals surface area contributed by atoms with Crippen LogP contribution < -0.4 is 5.48 Å². The fourth-order valence-corrected chi connectivity index (χ4v) is 5.04. The van der Waals surface area contributed by atoms with Gasteiger partial charge < -0.3 is 0 Å². The van der Waals surface area contributed by atoms with Gasteiger partial charge in [0.15, 0.2) is 0 Å². The SMILES string of the molecule is CC(C)[C@H](C(=O)NO)N(Cc1ccncc1)S(=O)(=O)c1ccc2ccccc2c1. The minimum absolute atomic E-state index is 0.0338. The molecular weight excluding hydrogens is 390 g/mol. The Bertz CT molecular complexity index is 1100. The van der Waals surface area contributed by atoms with Gasteiger partial charge in [0, 0.05) is 18.9 Å². The lowest BCUT2D eigenvalue weighted by Crippen LogP contribution is -2.51. The quantitative estimate of drug-likeness (QED) is 0.458. The summed E-state index contributed by atoms with van der Waals surface area (Å²) < 4.78 is 28.3. The van der Waals surface area contributed by atoms with Crippen molar-refractivity contribution in [2.24, 2.45) is 5.92 Å². The number of nitrogens with zero attached hydrogens (tertiary/aromatic N) is 2. The Morgan fingerprint density at radius 1 is 1.07 bits per heavy atom. The molecule has 8 heteroatoms. The molecule has 0 saturated carbocycles. The van der Waals surface area contributed by atoms with Crippen molar-refractivity contribution in [1.29, 1.82) is 0 Å². The average Bonchev–Trinajstić information content (AvgIpc) is 2.73. The first-order chi connectivity index (χ1) is 13.8. The van der Waals surface area contributed by atoms with Gasteiger partial charge in [0.2, 0.25) is 10.0 Å². The van der Waals surface area contributed by atoms with Crippen molar-refractivity contribution in [3.8, 4) is 0 Å². The van der Waals surface area contributed by atoms with Crippen molar-refractivity contribution in [3.05, 3.63) is 72.6 Å². The summed E-state index contributed by atoms with van der Waals surface area (Å²) in [5.41, 5.74) is 2.29. The molecule has 0 spiro atoms. The topological polar surface area (TPSA) is 99.6 Å². The second kappa shape index (κ2) is 8.69. The first-order valence-electron chi connectivity index (χ1n) is 9.18. The van der Waals surface area contributed by atoms with Gasteiger partial charge in [-0.1, -0.05) is 44.2 Å². The number of sulfonamides is 1. The Hall–Kier alpha value is -2.81. The van der Waals surface area contributed by atoms with E-state index < -0.39 is 22.0 Å². The highest BCUT2D eigenvalue weighted by Crippen LogP contribution is 2.27. The third-order valence-corrected chi connectivity index (χ3v) is 6.56. The summed E-state index contributed by atoms with van der Waals surface area (Å²) in [6.45, 7) is 3.43. The minimum atomic E-state index is -4.05. The molecule has 0 saturated heterocycles. The number of pyridine rings is 1. The van der Waals surface area contributed by atoms with Gasteiger partial charge in [-0.15, -0.1) is 0 Å². The average molecular weight is 413 g/mol. The van der Waals surface area contributed by atoms with Crippen molar-refractivity contribution in [3.63, 3.8) is 0 Å². The van der Waals surface area contributed by atoms with Gasteiger partial charge >= 0.3 is 0 Å². The van der Waals surface area contributed by atoms with E-state index in [0.717, 1.165) is 15.1 Å². The van der Waals surface area contributed by atoms with Crippen LogP contribution in [-0.2, 0) is 21.4 Å². The highest BCUT2D eigenvalue weighted by molar-refractivity contribution is 7.89. The lowest BCUT2D eigenvalue weighted by molar-refractivity contribution is -0.134. The van der Waals surface area contributed by atoms with Crippen LogP contribution in [0.3, 0.4) is 0 Å². The number of hydrogen-bond acceptors (Lipinski definition) is 5. The van der Waals surface area contributed by atoms with Gasteiger partial charge in [0.05, 0.1) is 4.90 Å². The summed E-state index contributed by atoms with van der Waals surface area (Å²) in [7, 11) is -4.05. The van der Waals surface area contributed by atoms with Crippen LogP contribution in [0, 0.1) is 5.92 Å². The summed E-state index contributed by atoms with van der Waals surface area (Å²) in [5.74, 6) is -1.15. The van der Waals surface area contributed by atoms with E-state index in [1.807, 2.05) is 24.3 Å². The van der Waals surface area contributed by atoms with E-state index in [-0.39, 0.29) is 17.4 Å². The lowest BCUT2D eigenvalue weighted by atomic mass is 10.0. The van der Waals surface area contributed by atoms with E-state index in [4.69, 9.17) is 0 Å². The number of nitrogens with one attached hydrogen (secondary N) is 1. The maximum absolute atomic E-state index is 13.6. The second-order valence-electron chi connectivity index (χ2n) is 7.08. The highest BCUT2D eigenvalue weighted by Gasteiger charge is 2.38. The van der Waals surface area contributed by atoms with E-state index in [1.165, 1.54) is 6.07 Å². The monoisotopic (exact) mass is 413 g/mol. The van der Waals surface area contributed by atoms with Gasteiger partial charge in [-0.2, -0.15) is 4.31 Å². The lowest BCUT2D eigenvalue weighted by Gasteiger charge is -2.32. The third-order valence-electron chi connectivity index (χ3n) is 4.74. The van der Waals surface area contributed by atoms with Crippen LogP contribution in [0.15, 0.2) is 71.9 Å². The molecule has 152 valence electrons. The molecule has 1 atom stereocenters. The van der Waals surface area contributed by atoms with Crippen LogP contribution in [0.4, 0.5) is 0 Å². The van der Waals surface area contributed by atoms with E-state index in [2.05, 4.69) is 4.98 Å². The molecule has 1 aromatic heterocycles. The standard InChI is InChI=1S/C21H23N3O4S/c1-15(2)20(21(25)23-26)24(14-16-9-11-22-12-10-16)29(27,28)19-8-7-17-5-3-4-6-18(17)13-19/h3-13,15,20,26H,14H2,1-2H3,(H,23,25)/t20-/m1/s1. The maximum atomic E-state index is 13.6. The second-order valence-corrected chi connectivity index (χ2v) is 8.97. The van der Waals surface area contributed by atoms with Gasteiger partial charge in [-0.25, -0.2) is 13.9 Å². The highest BCUT2D eigenvalue weighted by atomic mass is 32.2. The number of carbonyl (C=O) groups is 1. The molecule has 0 aliphatic rings. The van der Waals surface area contributed by atoms with Crippen LogP contribution in [0.1, 0.15) is 19.4 Å². The molecule has 3 aromatic rings. The van der Waals surface area contributed by atoms with Gasteiger partial charge in [0.25, 0.3) is 5.91 Å². The van der Waals surface area contributed by atoms with Gasteiger partial charge in [-0.3, -0.25) is 15.0 Å². The molecule has 1 heterocycles. The van der Waals surface area contributed by atoms with Crippen LogP contribution in [0.2, 0.25) is 0 Å². The van der Waals surface area contributed by atoms with Crippen molar-refractivity contribution >= 4 is 26.7 Å². The largest absolute Gasteiger partial charge is 0.289 e. The first kappa shape index (κ1) is 20.9. The number of benzene rings is 2. The van der Waals surface area contributed by atoms with Crippen molar-refractivity contribution in [2.45, 2.75) is 31.3 Å². The summed E-state index contributed by atoms with van der Waals surface area (Å²) in [6.07, 6.45) is 3.12. The Morgan fingerprint density at radius 3 is 2.34 bits per heavy atom. The van der Waals surface area contributed by atoms with Crippen LogP contribution in [0.25, 0.3) is 10.8 Å². The Morgan fingerprint density at radius 2 is 1.72 bits per heavy atom. The number of aromatic nitrogens is 1. The summed E-state index contributed by atoms with van der Waals surface area (Å²) in [5, 5.41) is 10.9. The van der Waals surface area contributed by atoms with Crippen molar-refractivity contribution in [2.75, 3.05) is 0 Å². The number of fused-ring (bicyclic) bond motifs is 1. The fraction of sp³-hybridized carbons (Fsp3) is 0.238. The molecule has 0 aliphatic heterocycles. The van der Waals surface area contributed by atoms with Gasteiger partial charge in [-0.05, 0) is 46.5 Å². The Kier molecular flexibility index (Phi) is 6.26. The van der Waals surface area contributed by atoms with Crippen LogP contribution in [0.5, 0.6) is 0 Å². The number of hydrogen-bond donors (Lipinski definition) is 2. The first-order valence-corrected chi connectivity index (χ1v) is 10.6. The Balaban J connectivity index is 2.12. The van der Waals surface area contributed by atoms with Crippen molar-refractivity contribution in [1.82, 2.24) is 14.8 Å². The molecule has 7 nitrogen and oxygen atoms in total. The molecule has 2 aromatic carbocycles. The summed E-state index contributed by atoms with van der Waals surface area (Å²) in [6, 6.07) is 14.6. The van der Waals surface area contributed by atoms with Gasteiger partial charge in [0.1, 0.15) is 6.04 Å². The van der Waals surface area contributed by atoms with E-state index in [0.29, 0.717) is 5.56 Å². The number of carbonyl (C=O) groups excluding carboxylic acids is 1. The molecule has 0 unspecified atom stereocenters. The minimum Gasteiger partial charge on any atom is -0.289 e. The predicted octanol–water partition coefficient (Wildman–Crippen LogP) is 2.96. The smallest absolute Gasteiger partial charge is 0.262 e. The predicted molar refractivity (Wildman–Crippen MR) is 109 cm³/mol. The molecule has 0 fully saturated rings. The fourth-order valence-electron chi connectivity index (χ4n) is 3.30. The molecule has 2 N–H and O–H groups in total. The summed E-state index contributed by atoms with van der Waals surface area (Å²) >= 11 is 0. The zero-order valence-electron chi connectivity index (χ0n) is 16.2. The molecule has 0 bridgehead atoms. The molecule has 0 aliphatic carbocycles. The Labute approximate surface area is 170 Å². The summed E-state index contributed by atoms with van der Waals surface area (Å²) in [4.78, 5) is 16.4. The number of amides is 1. The zero-order chi connectivity index (χ0) is 21.0. The van der Waals surface area contributed by atoms with E-state index in [9.17, 15) is 18.4 Å². The zero-order valence-corrected chi connectivity index (χ0v) is 17.0. The number of hydroxylamine groups is 1. The number of rotatable bonds is 7. The third kappa shape index (κ3) is 4.45. The normalized spacial score (nSPS) is 13.0. The molecule has 1 amide bonds. The van der Waals surface area contributed by atoms with E-state index >= 15 is 0 Å². The van der Waals surface area contributed by atoms with E-state index in [1.54, 1.807) is 56.0 Å². The molecule has 0 radical (unpaired) electrons. The van der Waals surface area contributed by atoms with Crippen molar-refractivity contribution < 1.29 is 18.4 Å². The molecule has 29 heavy (non-hydrogen) atoms. The van der Waals surface area contributed by atoms with Crippen LogP contribution >= 0.6 is 0 Å². The molecular formula is C21H23N3O4S. The maximum Gasteiger partial charge on any atom is 0.262 e. The van der Waals surface area contributed by atoms with Crippen LogP contribution in [-0.4, -0.2) is 34.9 Å².